The summed E-state index contributed by atoms with van der Waals surface area (Å²) in [5, 5.41) is 5.32. The fourth-order valence-corrected chi connectivity index (χ4v) is 4.60. The number of benzene rings is 2. The van der Waals surface area contributed by atoms with Crippen LogP contribution in [0.4, 0.5) is 11.5 Å². The zero-order chi connectivity index (χ0) is 22.3. The SMILES string of the molecule is Cc1ccc2[nH]ccc2c1/C=C/n1cnc2c(Nc3ccc(P(C)(C)=O)cc3)ncnc21. The second kappa shape index (κ2) is 7.77. The van der Waals surface area contributed by atoms with E-state index in [4.69, 9.17) is 0 Å². The Balaban J connectivity index is 1.47. The fourth-order valence-electron chi connectivity index (χ4n) is 3.73. The molecule has 0 spiro atoms. The number of aryl methyl sites for hydroxylation is 1. The van der Waals surface area contributed by atoms with E-state index >= 15 is 0 Å². The van der Waals surface area contributed by atoms with Crippen molar-refractivity contribution >= 4 is 58.3 Å². The summed E-state index contributed by atoms with van der Waals surface area (Å²) >= 11 is 0. The van der Waals surface area contributed by atoms with Crippen LogP contribution in [0.2, 0.25) is 0 Å². The van der Waals surface area contributed by atoms with E-state index in [1.165, 1.54) is 17.3 Å². The molecule has 0 fully saturated rings. The Morgan fingerprint density at radius 1 is 1.03 bits per heavy atom. The molecule has 160 valence electrons. The molecule has 2 N–H and O–H groups in total. The number of hydrogen-bond donors (Lipinski definition) is 2. The molecule has 32 heavy (non-hydrogen) atoms. The third-order valence-corrected chi connectivity index (χ3v) is 7.05. The summed E-state index contributed by atoms with van der Waals surface area (Å²) in [6.45, 7) is 5.63. The van der Waals surface area contributed by atoms with Crippen LogP contribution in [0.25, 0.3) is 34.3 Å². The normalized spacial score (nSPS) is 12.2. The van der Waals surface area contributed by atoms with Crippen molar-refractivity contribution in [1.82, 2.24) is 24.5 Å². The van der Waals surface area contributed by atoms with Crippen LogP contribution >= 0.6 is 7.14 Å². The van der Waals surface area contributed by atoms with Crippen molar-refractivity contribution in [2.75, 3.05) is 18.6 Å². The lowest BCUT2D eigenvalue weighted by molar-refractivity contribution is 0.588. The quantitative estimate of drug-likeness (QED) is 0.364. The predicted molar refractivity (Wildman–Crippen MR) is 132 cm³/mol. The van der Waals surface area contributed by atoms with Crippen molar-refractivity contribution in [3.05, 3.63) is 72.4 Å². The minimum Gasteiger partial charge on any atom is -0.361 e. The Morgan fingerprint density at radius 2 is 1.84 bits per heavy atom. The van der Waals surface area contributed by atoms with Crippen molar-refractivity contribution in [2.24, 2.45) is 0 Å². The summed E-state index contributed by atoms with van der Waals surface area (Å²) in [5.74, 6) is 0.620. The minimum atomic E-state index is -2.28. The molecule has 0 saturated heterocycles. The van der Waals surface area contributed by atoms with Crippen molar-refractivity contribution in [3.63, 3.8) is 0 Å². The van der Waals surface area contributed by atoms with E-state index in [2.05, 4.69) is 56.5 Å². The summed E-state index contributed by atoms with van der Waals surface area (Å²) in [7, 11) is -2.28. The first-order valence-corrected chi connectivity index (χ1v) is 12.9. The van der Waals surface area contributed by atoms with Crippen molar-refractivity contribution in [2.45, 2.75) is 6.92 Å². The summed E-state index contributed by atoms with van der Waals surface area (Å²) in [6.07, 6.45) is 9.26. The van der Waals surface area contributed by atoms with Gasteiger partial charge in [-0.15, -0.1) is 0 Å². The number of aromatic amines is 1. The van der Waals surface area contributed by atoms with Crippen LogP contribution in [-0.4, -0.2) is 37.8 Å². The number of rotatable bonds is 5. The zero-order valence-electron chi connectivity index (χ0n) is 18.1. The van der Waals surface area contributed by atoms with E-state index in [1.807, 2.05) is 41.2 Å². The van der Waals surface area contributed by atoms with Gasteiger partial charge in [-0.1, -0.05) is 6.07 Å². The molecule has 5 rings (SSSR count). The number of hydrogen-bond acceptors (Lipinski definition) is 5. The molecular formula is C24H23N6OP. The maximum absolute atomic E-state index is 12.2. The molecule has 0 aliphatic carbocycles. The van der Waals surface area contributed by atoms with E-state index in [-0.39, 0.29) is 0 Å². The van der Waals surface area contributed by atoms with Gasteiger partial charge in [-0.25, -0.2) is 15.0 Å². The van der Waals surface area contributed by atoms with Gasteiger partial charge >= 0.3 is 0 Å². The molecule has 3 aromatic heterocycles. The van der Waals surface area contributed by atoms with Crippen LogP contribution in [-0.2, 0) is 4.57 Å². The highest BCUT2D eigenvalue weighted by Gasteiger charge is 2.12. The maximum atomic E-state index is 12.2. The van der Waals surface area contributed by atoms with Gasteiger partial charge in [-0.05, 0) is 73.9 Å². The second-order valence-electron chi connectivity index (χ2n) is 8.12. The highest BCUT2D eigenvalue weighted by molar-refractivity contribution is 7.70. The highest BCUT2D eigenvalue weighted by atomic mass is 31.2. The Hall–Kier alpha value is -3.70. The number of nitrogens with zero attached hydrogens (tertiary/aromatic N) is 4. The summed E-state index contributed by atoms with van der Waals surface area (Å²) in [5.41, 5.74) is 5.69. The number of imidazole rings is 1. The average Bonchev–Trinajstić information content (AvgIpc) is 3.40. The number of anilines is 2. The van der Waals surface area contributed by atoms with Crippen LogP contribution in [0.15, 0.2) is 61.3 Å². The third-order valence-electron chi connectivity index (χ3n) is 5.51. The molecule has 0 atom stereocenters. The molecule has 0 aliphatic rings. The lowest BCUT2D eigenvalue weighted by Crippen LogP contribution is -2.03. The molecule has 0 radical (unpaired) electrons. The molecular weight excluding hydrogens is 419 g/mol. The molecule has 0 unspecified atom stereocenters. The Bertz CT molecular complexity index is 1510. The van der Waals surface area contributed by atoms with Crippen molar-refractivity contribution < 1.29 is 4.57 Å². The predicted octanol–water partition coefficient (Wildman–Crippen LogP) is 5.24. The molecule has 5 aromatic rings. The lowest BCUT2D eigenvalue weighted by Gasteiger charge is -2.09. The van der Waals surface area contributed by atoms with Gasteiger partial charge in [0.2, 0.25) is 0 Å². The molecule has 2 aromatic carbocycles. The largest absolute Gasteiger partial charge is 0.361 e. The summed E-state index contributed by atoms with van der Waals surface area (Å²) < 4.78 is 14.1. The first-order chi connectivity index (χ1) is 15.4. The van der Waals surface area contributed by atoms with E-state index in [0.29, 0.717) is 17.0 Å². The van der Waals surface area contributed by atoms with E-state index in [9.17, 15) is 4.57 Å². The molecule has 0 saturated carbocycles. The number of nitrogens with one attached hydrogen (secondary N) is 2. The minimum absolute atomic E-state index is 0.620. The van der Waals surface area contributed by atoms with Gasteiger partial charge in [0.05, 0.1) is 0 Å². The molecule has 8 heteroatoms. The molecule has 0 aliphatic heterocycles. The van der Waals surface area contributed by atoms with E-state index in [1.54, 1.807) is 19.7 Å². The first kappa shape index (κ1) is 20.2. The second-order valence-corrected chi connectivity index (χ2v) is 11.3. The monoisotopic (exact) mass is 442 g/mol. The van der Waals surface area contributed by atoms with Gasteiger partial charge in [0.15, 0.2) is 17.0 Å². The van der Waals surface area contributed by atoms with Crippen LogP contribution in [0.1, 0.15) is 11.1 Å². The smallest absolute Gasteiger partial charge is 0.169 e. The van der Waals surface area contributed by atoms with Gasteiger partial charge in [-0.2, -0.15) is 0 Å². The lowest BCUT2D eigenvalue weighted by atomic mass is 10.0. The van der Waals surface area contributed by atoms with Gasteiger partial charge in [0, 0.05) is 34.3 Å². The molecule has 7 nitrogen and oxygen atoms in total. The maximum Gasteiger partial charge on any atom is 0.169 e. The van der Waals surface area contributed by atoms with Crippen LogP contribution in [0.5, 0.6) is 0 Å². The standard InChI is InChI=1S/C24H23N6OP/c1-16-4-9-21-20(10-12-25-21)19(16)11-13-30-15-28-22-23(26-14-27-24(22)30)29-17-5-7-18(8-6-17)32(2,3)31/h4-15,25H,1-3H3,(H,26,27,29)/b13-11+. The number of H-pyrrole nitrogens is 1. The van der Waals surface area contributed by atoms with Crippen LogP contribution in [0.3, 0.4) is 0 Å². The van der Waals surface area contributed by atoms with E-state index < -0.39 is 7.14 Å². The summed E-state index contributed by atoms with van der Waals surface area (Å²) in [4.78, 5) is 16.6. The average molecular weight is 442 g/mol. The van der Waals surface area contributed by atoms with Gasteiger partial charge in [0.1, 0.15) is 19.8 Å². The molecule has 0 bridgehead atoms. The van der Waals surface area contributed by atoms with Crippen molar-refractivity contribution in [1.29, 1.82) is 0 Å². The van der Waals surface area contributed by atoms with Gasteiger partial charge in [-0.3, -0.25) is 4.57 Å². The van der Waals surface area contributed by atoms with Crippen molar-refractivity contribution in [3.8, 4) is 0 Å². The third kappa shape index (κ3) is 3.72. The molecule has 0 amide bonds. The Kier molecular flexibility index (Phi) is 4.91. The first-order valence-electron chi connectivity index (χ1n) is 10.3. The summed E-state index contributed by atoms with van der Waals surface area (Å²) in [6, 6.07) is 13.8. The Labute approximate surface area is 185 Å². The number of fused-ring (bicyclic) bond motifs is 2. The van der Waals surface area contributed by atoms with Crippen LogP contribution < -0.4 is 10.6 Å². The zero-order valence-corrected chi connectivity index (χ0v) is 19.0. The fraction of sp³-hybridized carbons (Fsp3) is 0.125. The van der Waals surface area contributed by atoms with Gasteiger partial charge < -0.3 is 14.9 Å². The van der Waals surface area contributed by atoms with Gasteiger partial charge in [0.25, 0.3) is 0 Å². The Morgan fingerprint density at radius 3 is 2.62 bits per heavy atom. The van der Waals surface area contributed by atoms with E-state index in [0.717, 1.165) is 22.1 Å². The van der Waals surface area contributed by atoms with Crippen LogP contribution in [0, 0.1) is 6.92 Å². The topological polar surface area (TPSA) is 88.5 Å². The number of aromatic nitrogens is 5. The highest BCUT2D eigenvalue weighted by Crippen LogP contribution is 2.35. The molecule has 3 heterocycles.